The van der Waals surface area contributed by atoms with E-state index in [1.807, 2.05) is 0 Å². The molecule has 0 heterocycles. The van der Waals surface area contributed by atoms with Gasteiger partial charge in [-0.3, -0.25) is 32.5 Å². The van der Waals surface area contributed by atoms with Crippen LogP contribution in [0, 0.1) is 0 Å². The summed E-state index contributed by atoms with van der Waals surface area (Å²) in [6.45, 7) is 2.35. The van der Waals surface area contributed by atoms with Gasteiger partial charge >= 0.3 is 33.6 Å². The number of phosphoric ester groups is 2. The molecule has 81 heavy (non-hydrogen) atoms. The van der Waals surface area contributed by atoms with Crippen LogP contribution in [0.25, 0.3) is 0 Å². The number of rotatable bonds is 59. The minimum absolute atomic E-state index is 0.0849. The fourth-order valence-corrected chi connectivity index (χ4v) is 9.65. The van der Waals surface area contributed by atoms with Crippen LogP contribution < -0.4 is 0 Å². The number of hydrogen-bond acceptors (Lipinski definition) is 14. The molecular weight excluding hydrogens is 1070 g/mol. The van der Waals surface area contributed by atoms with E-state index in [-0.39, 0.29) is 19.3 Å². The van der Waals surface area contributed by atoms with E-state index < -0.39 is 91.5 Å². The zero-order chi connectivity index (χ0) is 59.6. The molecule has 3 unspecified atom stereocenters. The first-order valence-corrected chi connectivity index (χ1v) is 34.2. The highest BCUT2D eigenvalue weighted by Gasteiger charge is 2.30. The number of phosphoric acid groups is 2. The van der Waals surface area contributed by atoms with Crippen LogP contribution in [0.15, 0.2) is 72.9 Å². The standard InChI is InChI=1S/C63H112O16P2/c1-4-7-10-13-16-19-22-25-28-31-34-37-40-43-46-49-61(66)73-55-60(79-63(68)51-48-45-42-39-36-33-30-27-24-21-18-15-12-9-6-3)57-77-81(71,72)75-54-58(65)53-74-80(69,70)76-56-59(52-64)78-62(67)50-47-44-41-38-35-32-29-26-23-20-17-14-11-8-5-2/h16-21,25-30,58-60,64-65H,4-15,22-24,31-57H2,1-3H3,(H,69,70)(H,71,72)/b19-16-,20-17-,21-18-,28-25-,29-26-,30-27-/t58?,59-,60-/m1/s1. The maximum atomic E-state index is 12.9. The Labute approximate surface area is 490 Å². The molecule has 0 amide bonds. The molecule has 0 aromatic heterocycles. The minimum Gasteiger partial charge on any atom is -0.462 e. The molecule has 0 bridgehead atoms. The first-order valence-electron chi connectivity index (χ1n) is 31.2. The highest BCUT2D eigenvalue weighted by Crippen LogP contribution is 2.45. The van der Waals surface area contributed by atoms with Crippen molar-refractivity contribution >= 4 is 33.6 Å². The molecular formula is C63H112O16P2. The number of ether oxygens (including phenoxy) is 3. The minimum atomic E-state index is -4.93. The molecule has 18 heteroatoms. The lowest BCUT2D eigenvalue weighted by molar-refractivity contribution is -0.161. The van der Waals surface area contributed by atoms with Crippen molar-refractivity contribution in [2.75, 3.05) is 39.6 Å². The summed E-state index contributed by atoms with van der Waals surface area (Å²) in [6, 6.07) is 0. The van der Waals surface area contributed by atoms with Crippen LogP contribution in [0.3, 0.4) is 0 Å². The van der Waals surface area contributed by atoms with Gasteiger partial charge in [-0.15, -0.1) is 0 Å². The monoisotopic (exact) mass is 1190 g/mol. The largest absolute Gasteiger partial charge is 0.472 e. The number of esters is 3. The number of unbranched alkanes of at least 4 members (excludes halogenated alkanes) is 24. The molecule has 0 aliphatic rings. The summed E-state index contributed by atoms with van der Waals surface area (Å²) < 4.78 is 61.1. The van der Waals surface area contributed by atoms with Crippen molar-refractivity contribution in [3.8, 4) is 0 Å². The van der Waals surface area contributed by atoms with Crippen molar-refractivity contribution in [3.05, 3.63) is 72.9 Å². The molecule has 0 aliphatic heterocycles. The number of allylic oxidation sites excluding steroid dienone is 12. The quantitative estimate of drug-likeness (QED) is 0.0146. The SMILES string of the molecule is CCCCC/C=C\C/C=C\CCCCCCCC(=O)OC[C@H](COP(=O)(O)OCC(O)COP(=O)(O)OC[C@@H](CO)OC(=O)CCCCCCC/C=C\C/C=C\CCCCC)OC(=O)CCCCCCC/C=C\C/C=C\CCCCC. The maximum absolute atomic E-state index is 12.9. The molecule has 0 aromatic rings. The summed E-state index contributed by atoms with van der Waals surface area (Å²) in [6.07, 6.45) is 56.6. The Morgan fingerprint density at radius 3 is 1.00 bits per heavy atom. The lowest BCUT2D eigenvalue weighted by Gasteiger charge is -2.21. The average molecular weight is 1190 g/mol. The fraction of sp³-hybridized carbons (Fsp3) is 0.762. The van der Waals surface area contributed by atoms with Gasteiger partial charge in [0.2, 0.25) is 0 Å². The van der Waals surface area contributed by atoms with E-state index in [0.29, 0.717) is 19.3 Å². The highest BCUT2D eigenvalue weighted by molar-refractivity contribution is 7.47. The van der Waals surface area contributed by atoms with E-state index in [2.05, 4.69) is 93.7 Å². The summed E-state index contributed by atoms with van der Waals surface area (Å²) in [5.41, 5.74) is 0. The van der Waals surface area contributed by atoms with Crippen LogP contribution in [0.4, 0.5) is 0 Å². The Hall–Kier alpha value is -3.01. The van der Waals surface area contributed by atoms with Crippen LogP contribution in [-0.4, -0.2) is 95.9 Å². The average Bonchev–Trinajstić information content (AvgIpc) is 3.44. The fourth-order valence-electron chi connectivity index (χ4n) is 8.07. The Balaban J connectivity index is 4.84. The van der Waals surface area contributed by atoms with E-state index in [4.69, 9.17) is 32.3 Å². The Morgan fingerprint density at radius 2 is 0.654 bits per heavy atom. The topological polar surface area (TPSA) is 231 Å². The number of carbonyl (C=O) groups is 3. The van der Waals surface area contributed by atoms with E-state index in [0.717, 1.165) is 135 Å². The Bertz CT molecular complexity index is 1780. The second-order valence-corrected chi connectivity index (χ2v) is 23.7. The molecule has 5 atom stereocenters. The summed E-state index contributed by atoms with van der Waals surface area (Å²) in [7, 11) is -9.80. The predicted octanol–water partition coefficient (Wildman–Crippen LogP) is 16.4. The molecule has 0 rings (SSSR count). The van der Waals surface area contributed by atoms with E-state index in [9.17, 15) is 43.5 Å². The van der Waals surface area contributed by atoms with Gasteiger partial charge in [-0.25, -0.2) is 9.13 Å². The van der Waals surface area contributed by atoms with Crippen LogP contribution in [0.1, 0.15) is 252 Å². The van der Waals surface area contributed by atoms with Crippen molar-refractivity contribution in [1.82, 2.24) is 0 Å². The second-order valence-electron chi connectivity index (χ2n) is 20.8. The molecule has 0 aromatic carbocycles. The number of aliphatic hydroxyl groups excluding tert-OH is 2. The predicted molar refractivity (Wildman–Crippen MR) is 325 cm³/mol. The summed E-state index contributed by atoms with van der Waals surface area (Å²) in [5, 5.41) is 20.0. The van der Waals surface area contributed by atoms with Crippen molar-refractivity contribution in [2.45, 2.75) is 270 Å². The second kappa shape index (κ2) is 57.4. The van der Waals surface area contributed by atoms with E-state index in [1.54, 1.807) is 0 Å². The first kappa shape index (κ1) is 78.0. The van der Waals surface area contributed by atoms with E-state index in [1.165, 1.54) is 57.8 Å². The van der Waals surface area contributed by atoms with Crippen LogP contribution in [0.2, 0.25) is 0 Å². The van der Waals surface area contributed by atoms with Crippen molar-refractivity contribution in [3.63, 3.8) is 0 Å². The Kier molecular flexibility index (Phi) is 55.3. The molecule has 0 spiro atoms. The lowest BCUT2D eigenvalue weighted by Crippen LogP contribution is -2.30. The van der Waals surface area contributed by atoms with Gasteiger partial charge in [0.1, 0.15) is 18.8 Å². The van der Waals surface area contributed by atoms with Gasteiger partial charge in [0.25, 0.3) is 0 Å². The first-order chi connectivity index (χ1) is 39.3. The number of hydrogen-bond donors (Lipinski definition) is 4. The van der Waals surface area contributed by atoms with Crippen molar-refractivity contribution < 1.29 is 75.8 Å². The molecule has 0 aliphatic carbocycles. The van der Waals surface area contributed by atoms with Gasteiger partial charge in [-0.05, 0) is 116 Å². The van der Waals surface area contributed by atoms with Crippen LogP contribution in [-0.2, 0) is 55.8 Å². The van der Waals surface area contributed by atoms with Crippen molar-refractivity contribution in [1.29, 1.82) is 0 Å². The molecule has 0 radical (unpaired) electrons. The van der Waals surface area contributed by atoms with Crippen LogP contribution >= 0.6 is 15.6 Å². The third-order valence-corrected chi connectivity index (χ3v) is 14.8. The van der Waals surface area contributed by atoms with Crippen LogP contribution in [0.5, 0.6) is 0 Å². The molecule has 0 saturated carbocycles. The van der Waals surface area contributed by atoms with Gasteiger partial charge in [0, 0.05) is 19.3 Å². The lowest BCUT2D eigenvalue weighted by atomic mass is 10.1. The summed E-state index contributed by atoms with van der Waals surface area (Å²) >= 11 is 0. The number of aliphatic hydroxyl groups is 2. The number of carbonyl (C=O) groups excluding carboxylic acids is 3. The van der Waals surface area contributed by atoms with Gasteiger partial charge in [-0.1, -0.05) is 190 Å². The zero-order valence-corrected chi connectivity index (χ0v) is 52.2. The highest BCUT2D eigenvalue weighted by atomic mass is 31.2. The van der Waals surface area contributed by atoms with Gasteiger partial charge in [-0.2, -0.15) is 0 Å². The van der Waals surface area contributed by atoms with Crippen molar-refractivity contribution in [2.24, 2.45) is 0 Å². The normalized spacial score (nSPS) is 14.9. The third-order valence-electron chi connectivity index (χ3n) is 12.9. The van der Waals surface area contributed by atoms with Gasteiger partial charge < -0.3 is 34.2 Å². The van der Waals surface area contributed by atoms with Gasteiger partial charge in [0.05, 0.1) is 33.0 Å². The smallest absolute Gasteiger partial charge is 0.462 e. The van der Waals surface area contributed by atoms with E-state index >= 15 is 0 Å². The zero-order valence-electron chi connectivity index (χ0n) is 50.4. The maximum Gasteiger partial charge on any atom is 0.472 e. The van der Waals surface area contributed by atoms with Gasteiger partial charge in [0.15, 0.2) is 6.10 Å². The molecule has 16 nitrogen and oxygen atoms in total. The molecule has 0 saturated heterocycles. The molecule has 470 valence electrons. The third kappa shape index (κ3) is 57.2. The summed E-state index contributed by atoms with van der Waals surface area (Å²) in [5.74, 6) is -1.70. The molecule has 4 N–H and O–H groups in total. The molecule has 0 fully saturated rings. The Morgan fingerprint density at radius 1 is 0.370 bits per heavy atom. The summed E-state index contributed by atoms with van der Waals surface area (Å²) in [4.78, 5) is 58.5.